The van der Waals surface area contributed by atoms with Gasteiger partial charge in [0.1, 0.15) is 6.54 Å². The summed E-state index contributed by atoms with van der Waals surface area (Å²) in [6.45, 7) is 6.09. The molecule has 0 radical (unpaired) electrons. The number of carbonyl (C=O) groups is 1. The molecular weight excluding hydrogens is 314 g/mol. The van der Waals surface area contributed by atoms with Crippen molar-refractivity contribution in [2.24, 2.45) is 11.8 Å². The van der Waals surface area contributed by atoms with Gasteiger partial charge < -0.3 is 4.90 Å². The van der Waals surface area contributed by atoms with E-state index in [1.54, 1.807) is 12.1 Å². The van der Waals surface area contributed by atoms with Crippen LogP contribution in [-0.4, -0.2) is 44.1 Å². The number of aromatic nitrogens is 4. The smallest absolute Gasteiger partial charge is 0.246 e. The SMILES string of the molecule is C[C@H]1C[C@H](C)CN(C(=O)Cn2nnc(-c3cccc(Cl)c3)n2)C1. The summed E-state index contributed by atoms with van der Waals surface area (Å²) in [6.07, 6.45) is 1.17. The van der Waals surface area contributed by atoms with Gasteiger partial charge >= 0.3 is 0 Å². The Bertz CT molecular complexity index is 691. The zero-order chi connectivity index (χ0) is 16.4. The van der Waals surface area contributed by atoms with Crippen molar-refractivity contribution in [3.8, 4) is 11.4 Å². The van der Waals surface area contributed by atoms with Crippen LogP contribution in [-0.2, 0) is 11.3 Å². The zero-order valence-electron chi connectivity index (χ0n) is 13.3. The number of carbonyl (C=O) groups excluding carboxylic acids is 1. The van der Waals surface area contributed by atoms with Gasteiger partial charge in [-0.2, -0.15) is 4.80 Å². The van der Waals surface area contributed by atoms with Crippen LogP contribution in [0.25, 0.3) is 11.4 Å². The second-order valence-electron chi connectivity index (χ2n) is 6.40. The standard InChI is InChI=1S/C16H20ClN5O/c1-11-6-12(2)9-21(8-11)15(23)10-22-19-16(18-20-22)13-4-3-5-14(17)7-13/h3-5,7,11-12H,6,8-10H2,1-2H3/t11-,12-/m0/s1. The number of likely N-dealkylation sites (tertiary alicyclic amines) is 1. The summed E-state index contributed by atoms with van der Waals surface area (Å²) >= 11 is 5.97. The minimum absolute atomic E-state index is 0.0402. The highest BCUT2D eigenvalue weighted by atomic mass is 35.5. The molecule has 122 valence electrons. The van der Waals surface area contributed by atoms with Crippen LogP contribution < -0.4 is 0 Å². The maximum absolute atomic E-state index is 12.4. The molecular formula is C16H20ClN5O. The summed E-state index contributed by atoms with van der Waals surface area (Å²) < 4.78 is 0. The Morgan fingerprint density at radius 3 is 2.74 bits per heavy atom. The number of nitrogens with zero attached hydrogens (tertiary/aromatic N) is 5. The molecule has 7 heteroatoms. The number of benzene rings is 1. The fourth-order valence-corrected chi connectivity index (χ4v) is 3.33. The zero-order valence-corrected chi connectivity index (χ0v) is 14.1. The van der Waals surface area contributed by atoms with Gasteiger partial charge in [0.05, 0.1) is 0 Å². The van der Waals surface area contributed by atoms with E-state index in [0.29, 0.717) is 22.7 Å². The number of rotatable bonds is 3. The molecule has 1 saturated heterocycles. The van der Waals surface area contributed by atoms with Crippen molar-refractivity contribution in [2.45, 2.75) is 26.8 Å². The molecule has 1 fully saturated rings. The summed E-state index contributed by atoms with van der Waals surface area (Å²) in [5, 5.41) is 12.9. The van der Waals surface area contributed by atoms with Crippen molar-refractivity contribution in [1.82, 2.24) is 25.1 Å². The third-order valence-corrected chi connectivity index (χ3v) is 4.27. The Balaban J connectivity index is 1.68. The lowest BCUT2D eigenvalue weighted by Gasteiger charge is -2.34. The van der Waals surface area contributed by atoms with Crippen LogP contribution >= 0.6 is 11.6 Å². The van der Waals surface area contributed by atoms with Gasteiger partial charge in [0.25, 0.3) is 0 Å². The van der Waals surface area contributed by atoms with Gasteiger partial charge in [0, 0.05) is 23.7 Å². The maximum Gasteiger partial charge on any atom is 0.246 e. The third kappa shape index (κ3) is 3.88. The molecule has 0 aliphatic carbocycles. The van der Waals surface area contributed by atoms with E-state index < -0.39 is 0 Å². The van der Waals surface area contributed by atoms with Gasteiger partial charge in [0.15, 0.2) is 0 Å². The predicted octanol–water partition coefficient (Wildman–Crippen LogP) is 2.50. The van der Waals surface area contributed by atoms with Gasteiger partial charge in [-0.1, -0.05) is 37.6 Å². The van der Waals surface area contributed by atoms with Crippen LogP contribution in [0, 0.1) is 11.8 Å². The van der Waals surface area contributed by atoms with Crippen LogP contribution in [0.15, 0.2) is 24.3 Å². The fourth-order valence-electron chi connectivity index (χ4n) is 3.14. The van der Waals surface area contributed by atoms with E-state index in [9.17, 15) is 4.79 Å². The molecule has 6 nitrogen and oxygen atoms in total. The molecule has 1 aromatic heterocycles. The molecule has 0 saturated carbocycles. The number of halogens is 1. The molecule has 0 N–H and O–H groups in total. The Morgan fingerprint density at radius 1 is 1.30 bits per heavy atom. The predicted molar refractivity (Wildman–Crippen MR) is 87.8 cm³/mol. The highest BCUT2D eigenvalue weighted by molar-refractivity contribution is 6.30. The summed E-state index contributed by atoms with van der Waals surface area (Å²) in [5.41, 5.74) is 0.788. The molecule has 0 spiro atoms. The molecule has 2 aromatic rings. The highest BCUT2D eigenvalue weighted by Crippen LogP contribution is 2.21. The van der Waals surface area contributed by atoms with Crippen LogP contribution in [0.1, 0.15) is 20.3 Å². The van der Waals surface area contributed by atoms with Gasteiger partial charge in [-0.25, -0.2) is 0 Å². The lowest BCUT2D eigenvalue weighted by molar-refractivity contribution is -0.135. The first-order valence-corrected chi connectivity index (χ1v) is 8.20. The summed E-state index contributed by atoms with van der Waals surface area (Å²) in [7, 11) is 0. The average molecular weight is 334 g/mol. The highest BCUT2D eigenvalue weighted by Gasteiger charge is 2.25. The normalized spacial score (nSPS) is 21.4. The molecule has 1 aliphatic rings. The fraction of sp³-hybridized carbons (Fsp3) is 0.500. The van der Waals surface area contributed by atoms with E-state index in [1.807, 2.05) is 17.0 Å². The van der Waals surface area contributed by atoms with E-state index in [4.69, 9.17) is 11.6 Å². The van der Waals surface area contributed by atoms with Crippen molar-refractivity contribution in [1.29, 1.82) is 0 Å². The minimum atomic E-state index is 0.0402. The van der Waals surface area contributed by atoms with Crippen molar-refractivity contribution < 1.29 is 4.79 Å². The van der Waals surface area contributed by atoms with Crippen LogP contribution in [0.4, 0.5) is 0 Å². The summed E-state index contributed by atoms with van der Waals surface area (Å²) in [4.78, 5) is 15.7. The Hall–Kier alpha value is -1.95. The molecule has 1 aliphatic heterocycles. The Morgan fingerprint density at radius 2 is 2.04 bits per heavy atom. The molecule has 2 heterocycles. The van der Waals surface area contributed by atoms with E-state index in [1.165, 1.54) is 11.2 Å². The van der Waals surface area contributed by atoms with E-state index in [-0.39, 0.29) is 12.5 Å². The van der Waals surface area contributed by atoms with E-state index in [2.05, 4.69) is 29.3 Å². The maximum atomic E-state index is 12.4. The summed E-state index contributed by atoms with van der Waals surface area (Å²) in [5.74, 6) is 1.58. The number of piperidine rings is 1. The second-order valence-corrected chi connectivity index (χ2v) is 6.83. The lowest BCUT2D eigenvalue weighted by atomic mass is 9.92. The third-order valence-electron chi connectivity index (χ3n) is 4.03. The first-order chi connectivity index (χ1) is 11.0. The lowest BCUT2D eigenvalue weighted by Crippen LogP contribution is -2.44. The van der Waals surface area contributed by atoms with E-state index >= 15 is 0 Å². The number of amides is 1. The van der Waals surface area contributed by atoms with Gasteiger partial charge in [-0.3, -0.25) is 4.79 Å². The topological polar surface area (TPSA) is 63.9 Å². The second kappa shape index (κ2) is 6.66. The number of tetrazole rings is 1. The first kappa shape index (κ1) is 15.9. The molecule has 1 aromatic carbocycles. The molecule has 0 unspecified atom stereocenters. The Labute approximate surface area is 140 Å². The molecule has 3 rings (SSSR count). The first-order valence-electron chi connectivity index (χ1n) is 7.83. The van der Waals surface area contributed by atoms with Crippen LogP contribution in [0.2, 0.25) is 5.02 Å². The van der Waals surface area contributed by atoms with Crippen LogP contribution in [0.5, 0.6) is 0 Å². The average Bonchev–Trinajstić information content (AvgIpc) is 2.95. The van der Waals surface area contributed by atoms with Gasteiger partial charge in [0.2, 0.25) is 11.7 Å². The number of hydrogen-bond acceptors (Lipinski definition) is 4. The van der Waals surface area contributed by atoms with Gasteiger partial charge in [-0.15, -0.1) is 10.2 Å². The summed E-state index contributed by atoms with van der Waals surface area (Å²) in [6, 6.07) is 7.26. The van der Waals surface area contributed by atoms with E-state index in [0.717, 1.165) is 18.7 Å². The molecule has 1 amide bonds. The minimum Gasteiger partial charge on any atom is -0.340 e. The van der Waals surface area contributed by atoms with Crippen molar-refractivity contribution in [2.75, 3.05) is 13.1 Å². The number of hydrogen-bond donors (Lipinski definition) is 0. The van der Waals surface area contributed by atoms with Gasteiger partial charge in [-0.05, 0) is 35.6 Å². The van der Waals surface area contributed by atoms with Crippen molar-refractivity contribution in [3.63, 3.8) is 0 Å². The Kier molecular flexibility index (Phi) is 4.61. The monoisotopic (exact) mass is 333 g/mol. The quantitative estimate of drug-likeness (QED) is 0.865. The molecule has 2 atom stereocenters. The van der Waals surface area contributed by atoms with Crippen molar-refractivity contribution >= 4 is 17.5 Å². The van der Waals surface area contributed by atoms with Crippen LogP contribution in [0.3, 0.4) is 0 Å². The molecule has 23 heavy (non-hydrogen) atoms. The largest absolute Gasteiger partial charge is 0.340 e. The van der Waals surface area contributed by atoms with Crippen molar-refractivity contribution in [3.05, 3.63) is 29.3 Å². The molecule has 0 bridgehead atoms.